The molecule has 156 valence electrons. The third kappa shape index (κ3) is 4.95. The highest BCUT2D eigenvalue weighted by Gasteiger charge is 2.46. The molecule has 2 aromatic carbocycles. The van der Waals surface area contributed by atoms with Crippen LogP contribution in [0.3, 0.4) is 0 Å². The summed E-state index contributed by atoms with van der Waals surface area (Å²) in [5.74, 6) is 0. The van der Waals surface area contributed by atoms with Crippen LogP contribution in [0.1, 0.15) is 24.0 Å². The summed E-state index contributed by atoms with van der Waals surface area (Å²) in [4.78, 5) is 14.1. The monoisotopic (exact) mass is 419 g/mol. The number of likely N-dealkylation sites (tertiary alicyclic amines) is 1. The van der Waals surface area contributed by atoms with E-state index in [0.717, 1.165) is 11.1 Å². The molecule has 1 aliphatic rings. The summed E-state index contributed by atoms with van der Waals surface area (Å²) in [6, 6.07) is 15.7. The summed E-state index contributed by atoms with van der Waals surface area (Å²) in [6.07, 6.45) is 0.541. The van der Waals surface area contributed by atoms with Crippen LogP contribution in [-0.4, -0.2) is 45.4 Å². The Bertz CT molecular complexity index is 929. The maximum absolute atomic E-state index is 12.6. The third-order valence-electron chi connectivity index (χ3n) is 5.00. The Balaban J connectivity index is 1.68. The summed E-state index contributed by atoms with van der Waals surface area (Å²) in [5.41, 5.74) is 0.618. The highest BCUT2D eigenvalue weighted by molar-refractivity contribution is 7.86. The van der Waals surface area contributed by atoms with Gasteiger partial charge in [-0.3, -0.25) is 9.08 Å². The predicted molar refractivity (Wildman–Crippen MR) is 107 cm³/mol. The van der Waals surface area contributed by atoms with Gasteiger partial charge in [-0.1, -0.05) is 48.0 Å². The van der Waals surface area contributed by atoms with Crippen LogP contribution in [0.2, 0.25) is 0 Å². The molecule has 1 aliphatic heterocycles. The van der Waals surface area contributed by atoms with Gasteiger partial charge in [-0.15, -0.1) is 0 Å². The van der Waals surface area contributed by atoms with Gasteiger partial charge in [0.25, 0.3) is 10.1 Å². The molecule has 0 saturated carbocycles. The zero-order valence-corrected chi connectivity index (χ0v) is 17.4. The van der Waals surface area contributed by atoms with E-state index in [1.165, 1.54) is 24.1 Å². The lowest BCUT2D eigenvalue weighted by atomic mass is 10.2. The lowest BCUT2D eigenvalue weighted by molar-refractivity contribution is -0.124. The van der Waals surface area contributed by atoms with Gasteiger partial charge in [-0.2, -0.15) is 8.42 Å². The molecule has 1 fully saturated rings. The van der Waals surface area contributed by atoms with Crippen LogP contribution in [0.15, 0.2) is 59.5 Å². The topological polar surface area (TPSA) is 82.1 Å². The van der Waals surface area contributed by atoms with E-state index < -0.39 is 21.9 Å². The minimum Gasteiger partial charge on any atom is -0.444 e. The van der Waals surface area contributed by atoms with Crippen molar-refractivity contribution in [1.29, 1.82) is 0 Å². The zero-order chi connectivity index (χ0) is 20.9. The van der Waals surface area contributed by atoms with E-state index in [0.29, 0.717) is 19.4 Å². The van der Waals surface area contributed by atoms with Crippen LogP contribution in [0.4, 0.5) is 4.79 Å². The minimum absolute atomic E-state index is 0.0607. The molecule has 2 aromatic rings. The number of amides is 1. The third-order valence-corrected chi connectivity index (χ3v) is 6.27. The summed E-state index contributed by atoms with van der Waals surface area (Å²) in [6.45, 7) is 2.09. The van der Waals surface area contributed by atoms with Crippen LogP contribution in [0, 0.1) is 6.92 Å². The number of hydrogen-bond acceptors (Lipinski definition) is 6. The van der Waals surface area contributed by atoms with E-state index in [1.807, 2.05) is 37.3 Å². The number of hydrogen-bond donors (Lipinski definition) is 0. The van der Waals surface area contributed by atoms with Crippen molar-refractivity contribution in [3.63, 3.8) is 0 Å². The van der Waals surface area contributed by atoms with Crippen LogP contribution >= 0.6 is 0 Å². The van der Waals surface area contributed by atoms with E-state index in [4.69, 9.17) is 13.7 Å². The lowest BCUT2D eigenvalue weighted by Gasteiger charge is -2.35. The second-order valence-corrected chi connectivity index (χ2v) is 8.59. The van der Waals surface area contributed by atoms with Crippen molar-refractivity contribution in [3.8, 4) is 0 Å². The van der Waals surface area contributed by atoms with Crippen molar-refractivity contribution in [2.75, 3.05) is 20.3 Å². The maximum Gasteiger partial charge on any atom is 0.412 e. The number of carbonyl (C=O) groups excluding carboxylic acids is 1. The zero-order valence-electron chi connectivity index (χ0n) is 16.5. The Morgan fingerprint density at radius 1 is 1.10 bits per heavy atom. The molecule has 0 aliphatic carbocycles. The Hall–Kier alpha value is -2.42. The molecule has 3 rings (SSSR count). The van der Waals surface area contributed by atoms with E-state index in [2.05, 4.69) is 0 Å². The minimum atomic E-state index is -3.98. The SMILES string of the molecule is CO[C@]1(COS(=O)(=O)c2ccc(C)cc2)CCCN1C(=O)OCc1ccccc1. The first-order valence-electron chi connectivity index (χ1n) is 9.36. The van der Waals surface area contributed by atoms with Crippen molar-refractivity contribution >= 4 is 16.2 Å². The first-order valence-corrected chi connectivity index (χ1v) is 10.8. The normalized spacial score (nSPS) is 19.3. The summed E-state index contributed by atoms with van der Waals surface area (Å²) < 4.78 is 41.3. The summed E-state index contributed by atoms with van der Waals surface area (Å²) >= 11 is 0. The average molecular weight is 419 g/mol. The van der Waals surface area contributed by atoms with E-state index in [-0.39, 0.29) is 18.1 Å². The molecule has 8 heteroatoms. The van der Waals surface area contributed by atoms with Crippen molar-refractivity contribution in [1.82, 2.24) is 4.90 Å². The highest BCUT2D eigenvalue weighted by Crippen LogP contribution is 2.32. The Morgan fingerprint density at radius 2 is 1.79 bits per heavy atom. The first kappa shape index (κ1) is 21.3. The van der Waals surface area contributed by atoms with Gasteiger partial charge >= 0.3 is 6.09 Å². The number of ether oxygens (including phenoxy) is 2. The van der Waals surface area contributed by atoms with Crippen LogP contribution in [-0.2, 0) is 30.4 Å². The Kier molecular flexibility index (Phi) is 6.56. The molecule has 0 N–H and O–H groups in total. The van der Waals surface area contributed by atoms with Crippen LogP contribution < -0.4 is 0 Å². The van der Waals surface area contributed by atoms with Gasteiger partial charge in [-0.05, 0) is 37.5 Å². The molecular formula is C21H25NO6S. The van der Waals surface area contributed by atoms with Gasteiger partial charge in [0.1, 0.15) is 13.2 Å². The molecule has 1 saturated heterocycles. The van der Waals surface area contributed by atoms with Crippen molar-refractivity contribution < 1.29 is 26.9 Å². The first-order chi connectivity index (χ1) is 13.9. The van der Waals surface area contributed by atoms with Gasteiger partial charge in [0, 0.05) is 13.7 Å². The Labute approximate surface area is 171 Å². The average Bonchev–Trinajstić information content (AvgIpc) is 3.16. The predicted octanol–water partition coefficient (Wildman–Crippen LogP) is 3.48. The number of nitrogens with zero attached hydrogens (tertiary/aromatic N) is 1. The maximum atomic E-state index is 12.6. The second kappa shape index (κ2) is 8.94. The highest BCUT2D eigenvalue weighted by atomic mass is 32.2. The van der Waals surface area contributed by atoms with Gasteiger partial charge < -0.3 is 9.47 Å². The van der Waals surface area contributed by atoms with Crippen molar-refractivity contribution in [2.45, 2.75) is 37.0 Å². The number of benzene rings is 2. The van der Waals surface area contributed by atoms with Gasteiger partial charge in [-0.25, -0.2) is 4.79 Å². The quantitative estimate of drug-likeness (QED) is 0.639. The number of carbonyl (C=O) groups is 1. The van der Waals surface area contributed by atoms with Crippen LogP contribution in [0.25, 0.3) is 0 Å². The molecule has 7 nitrogen and oxygen atoms in total. The van der Waals surface area contributed by atoms with Gasteiger partial charge in [0.05, 0.1) is 4.90 Å². The van der Waals surface area contributed by atoms with Gasteiger partial charge in [0.2, 0.25) is 0 Å². The second-order valence-electron chi connectivity index (χ2n) is 6.98. The molecule has 0 aromatic heterocycles. The van der Waals surface area contributed by atoms with Crippen LogP contribution in [0.5, 0.6) is 0 Å². The number of aryl methyl sites for hydroxylation is 1. The fourth-order valence-corrected chi connectivity index (χ4v) is 4.22. The molecule has 1 heterocycles. The Morgan fingerprint density at radius 3 is 2.45 bits per heavy atom. The van der Waals surface area contributed by atoms with Gasteiger partial charge in [0.15, 0.2) is 5.72 Å². The standard InChI is InChI=1S/C21H25NO6S/c1-17-9-11-19(12-10-17)29(24,25)28-16-21(26-2)13-6-14-22(21)20(23)27-15-18-7-4-3-5-8-18/h3-5,7-12H,6,13-16H2,1-2H3/t21-/m0/s1. The van der Waals surface area contributed by atoms with E-state index in [1.54, 1.807) is 12.1 Å². The largest absolute Gasteiger partial charge is 0.444 e. The summed E-state index contributed by atoms with van der Waals surface area (Å²) in [7, 11) is -2.54. The van der Waals surface area contributed by atoms with E-state index in [9.17, 15) is 13.2 Å². The van der Waals surface area contributed by atoms with E-state index >= 15 is 0 Å². The summed E-state index contributed by atoms with van der Waals surface area (Å²) in [5, 5.41) is 0. The lowest BCUT2D eigenvalue weighted by Crippen LogP contribution is -2.52. The molecule has 0 bridgehead atoms. The molecule has 29 heavy (non-hydrogen) atoms. The number of rotatable bonds is 7. The van der Waals surface area contributed by atoms with Crippen molar-refractivity contribution in [2.24, 2.45) is 0 Å². The fraction of sp³-hybridized carbons (Fsp3) is 0.381. The molecule has 1 amide bonds. The molecule has 0 radical (unpaired) electrons. The molecule has 1 atom stereocenters. The molecule has 0 unspecified atom stereocenters. The fourth-order valence-electron chi connectivity index (χ4n) is 3.27. The number of methoxy groups -OCH3 is 1. The van der Waals surface area contributed by atoms with Crippen molar-refractivity contribution in [3.05, 3.63) is 65.7 Å². The molecule has 0 spiro atoms. The smallest absolute Gasteiger partial charge is 0.412 e. The molecular weight excluding hydrogens is 394 g/mol.